The summed E-state index contributed by atoms with van der Waals surface area (Å²) in [6, 6.07) is 0.527. The molecular formula is C13H13N3O2S. The van der Waals surface area contributed by atoms with Gasteiger partial charge in [0.1, 0.15) is 9.88 Å². The molecule has 6 heteroatoms. The number of hydrogen-bond acceptors (Lipinski definition) is 4. The molecule has 98 valence electrons. The number of aromatic nitrogens is 3. The quantitative estimate of drug-likeness (QED) is 0.931. The summed E-state index contributed by atoms with van der Waals surface area (Å²) in [4.78, 5) is 20.5. The number of rotatable bonds is 4. The lowest BCUT2D eigenvalue weighted by Crippen LogP contribution is -1.97. The first-order chi connectivity index (χ1) is 9.24. The zero-order valence-electron chi connectivity index (χ0n) is 10.2. The van der Waals surface area contributed by atoms with Crippen LogP contribution in [-0.2, 0) is 0 Å². The second kappa shape index (κ2) is 3.90. The molecule has 5 nitrogen and oxygen atoms in total. The van der Waals surface area contributed by atoms with Crippen molar-refractivity contribution in [3.8, 4) is 10.7 Å². The van der Waals surface area contributed by atoms with Crippen molar-refractivity contribution >= 4 is 17.3 Å². The molecule has 2 fully saturated rings. The number of carboxylic acid groups (broad SMARTS) is 1. The van der Waals surface area contributed by atoms with Crippen LogP contribution in [0.5, 0.6) is 0 Å². The molecule has 0 spiro atoms. The van der Waals surface area contributed by atoms with Crippen LogP contribution in [0.1, 0.15) is 53.0 Å². The fourth-order valence-corrected chi connectivity index (χ4v) is 3.35. The Bertz CT molecular complexity index is 653. The molecule has 4 rings (SSSR count). The van der Waals surface area contributed by atoms with E-state index in [1.54, 1.807) is 6.20 Å². The van der Waals surface area contributed by atoms with Crippen LogP contribution in [0.25, 0.3) is 10.7 Å². The maximum atomic E-state index is 11.3. The second-order valence-corrected chi connectivity index (χ2v) is 6.23. The minimum Gasteiger partial charge on any atom is -0.477 e. The summed E-state index contributed by atoms with van der Waals surface area (Å²) in [5, 5.41) is 10.1. The lowest BCUT2D eigenvalue weighted by Gasteiger charge is -2.02. The molecule has 2 heterocycles. The van der Waals surface area contributed by atoms with Gasteiger partial charge < -0.3 is 9.67 Å². The minimum absolute atomic E-state index is 0.355. The van der Waals surface area contributed by atoms with E-state index in [0.29, 0.717) is 16.8 Å². The molecule has 0 aliphatic heterocycles. The Hall–Kier alpha value is -1.69. The van der Waals surface area contributed by atoms with Gasteiger partial charge >= 0.3 is 5.97 Å². The Balaban J connectivity index is 1.80. The largest absolute Gasteiger partial charge is 0.477 e. The average Bonchev–Trinajstić information content (AvgIpc) is 3.31. The van der Waals surface area contributed by atoms with Crippen molar-refractivity contribution in [3.05, 3.63) is 23.1 Å². The van der Waals surface area contributed by atoms with Crippen LogP contribution < -0.4 is 0 Å². The highest BCUT2D eigenvalue weighted by Gasteiger charge is 2.33. The van der Waals surface area contributed by atoms with Gasteiger partial charge in [-0.2, -0.15) is 0 Å². The van der Waals surface area contributed by atoms with Crippen molar-refractivity contribution in [1.82, 2.24) is 14.5 Å². The van der Waals surface area contributed by atoms with Gasteiger partial charge in [-0.25, -0.2) is 14.8 Å². The number of aromatic carboxylic acids is 1. The Kier molecular flexibility index (Phi) is 2.29. The lowest BCUT2D eigenvalue weighted by atomic mass is 10.2. The number of hydrogen-bond donors (Lipinski definition) is 1. The molecule has 0 aromatic carbocycles. The van der Waals surface area contributed by atoms with Crippen LogP contribution in [0.4, 0.5) is 0 Å². The van der Waals surface area contributed by atoms with Crippen molar-refractivity contribution in [1.29, 1.82) is 0 Å². The first-order valence-corrected chi connectivity index (χ1v) is 7.32. The maximum Gasteiger partial charge on any atom is 0.347 e. The van der Waals surface area contributed by atoms with Gasteiger partial charge in [0.2, 0.25) is 0 Å². The number of thiazole rings is 1. The smallest absolute Gasteiger partial charge is 0.347 e. The highest BCUT2D eigenvalue weighted by atomic mass is 32.1. The highest BCUT2D eigenvalue weighted by Crippen LogP contribution is 2.45. The van der Waals surface area contributed by atoms with E-state index in [2.05, 4.69) is 14.5 Å². The number of imidazole rings is 1. The van der Waals surface area contributed by atoms with Crippen molar-refractivity contribution < 1.29 is 9.90 Å². The summed E-state index contributed by atoms with van der Waals surface area (Å²) in [6.07, 6.45) is 8.09. The topological polar surface area (TPSA) is 68.0 Å². The molecule has 0 amide bonds. The van der Waals surface area contributed by atoms with Crippen LogP contribution in [0, 0.1) is 0 Å². The molecule has 2 saturated carbocycles. The number of carbonyl (C=O) groups is 1. The van der Waals surface area contributed by atoms with E-state index in [4.69, 9.17) is 0 Å². The molecule has 2 aliphatic rings. The summed E-state index contributed by atoms with van der Waals surface area (Å²) >= 11 is 1.28. The standard InChI is InChI=1S/C13H13N3O2S/c17-13(18)11-10(7-1-2-7)15-12(19-11)9-5-14-6-16(9)8-3-4-8/h5-8H,1-4H2,(H,17,18). The van der Waals surface area contributed by atoms with Crippen molar-refractivity contribution in [2.45, 2.75) is 37.6 Å². The molecule has 0 saturated heterocycles. The Morgan fingerprint density at radius 1 is 1.37 bits per heavy atom. The molecule has 2 aromatic rings. The van der Waals surface area contributed by atoms with E-state index in [0.717, 1.165) is 29.2 Å². The first kappa shape index (κ1) is 11.2. The number of nitrogens with zero attached hydrogens (tertiary/aromatic N) is 3. The minimum atomic E-state index is -0.858. The normalized spacial score (nSPS) is 18.7. The van der Waals surface area contributed by atoms with Crippen LogP contribution in [0.3, 0.4) is 0 Å². The lowest BCUT2D eigenvalue weighted by molar-refractivity contribution is 0.0700. The first-order valence-electron chi connectivity index (χ1n) is 6.50. The fraction of sp³-hybridized carbons (Fsp3) is 0.462. The zero-order chi connectivity index (χ0) is 13.0. The predicted molar refractivity (Wildman–Crippen MR) is 70.5 cm³/mol. The molecular weight excluding hydrogens is 262 g/mol. The number of carboxylic acids is 1. The van der Waals surface area contributed by atoms with Gasteiger partial charge in [-0.05, 0) is 25.7 Å². The van der Waals surface area contributed by atoms with E-state index in [1.807, 2.05) is 6.33 Å². The third-order valence-corrected chi connectivity index (χ3v) is 4.72. The van der Waals surface area contributed by atoms with E-state index in [9.17, 15) is 9.90 Å². The molecule has 19 heavy (non-hydrogen) atoms. The highest BCUT2D eigenvalue weighted by molar-refractivity contribution is 7.17. The second-order valence-electron chi connectivity index (χ2n) is 5.23. The molecule has 0 radical (unpaired) electrons. The third kappa shape index (κ3) is 1.87. The van der Waals surface area contributed by atoms with Crippen LogP contribution in [-0.4, -0.2) is 25.6 Å². The average molecular weight is 275 g/mol. The van der Waals surface area contributed by atoms with Gasteiger partial charge in [0.15, 0.2) is 0 Å². The fourth-order valence-electron chi connectivity index (χ4n) is 2.34. The van der Waals surface area contributed by atoms with Gasteiger partial charge in [0, 0.05) is 12.0 Å². The zero-order valence-corrected chi connectivity index (χ0v) is 11.1. The van der Waals surface area contributed by atoms with E-state index in [-0.39, 0.29) is 0 Å². The SMILES string of the molecule is O=C(O)c1sc(-c2cncn2C2CC2)nc1C1CC1. The molecule has 2 aliphatic carbocycles. The van der Waals surface area contributed by atoms with Crippen LogP contribution >= 0.6 is 11.3 Å². The summed E-state index contributed by atoms with van der Waals surface area (Å²) in [5.41, 5.74) is 1.73. The Labute approximate surface area is 113 Å². The van der Waals surface area contributed by atoms with Crippen molar-refractivity contribution in [3.63, 3.8) is 0 Å². The molecule has 2 aromatic heterocycles. The van der Waals surface area contributed by atoms with Gasteiger partial charge in [-0.3, -0.25) is 0 Å². The third-order valence-electron chi connectivity index (χ3n) is 3.64. The van der Waals surface area contributed by atoms with Crippen molar-refractivity contribution in [2.24, 2.45) is 0 Å². The maximum absolute atomic E-state index is 11.3. The molecule has 0 bridgehead atoms. The van der Waals surface area contributed by atoms with Crippen LogP contribution in [0.2, 0.25) is 0 Å². The van der Waals surface area contributed by atoms with E-state index >= 15 is 0 Å². The summed E-state index contributed by atoms with van der Waals surface area (Å²) in [5.74, 6) is -0.503. The van der Waals surface area contributed by atoms with E-state index in [1.165, 1.54) is 24.2 Å². The van der Waals surface area contributed by atoms with Gasteiger partial charge in [0.05, 0.1) is 23.9 Å². The molecule has 1 N–H and O–H groups in total. The molecule has 0 unspecified atom stereocenters. The van der Waals surface area contributed by atoms with Gasteiger partial charge in [-0.15, -0.1) is 11.3 Å². The summed E-state index contributed by atoms with van der Waals surface area (Å²) in [7, 11) is 0. The van der Waals surface area contributed by atoms with Gasteiger partial charge in [0.25, 0.3) is 0 Å². The Morgan fingerprint density at radius 2 is 2.16 bits per heavy atom. The van der Waals surface area contributed by atoms with E-state index < -0.39 is 5.97 Å². The van der Waals surface area contributed by atoms with Gasteiger partial charge in [-0.1, -0.05) is 0 Å². The monoisotopic (exact) mass is 275 g/mol. The molecule has 0 atom stereocenters. The Morgan fingerprint density at radius 3 is 2.79 bits per heavy atom. The van der Waals surface area contributed by atoms with Crippen LogP contribution in [0.15, 0.2) is 12.5 Å². The predicted octanol–water partition coefficient (Wildman–Crippen LogP) is 2.92. The summed E-state index contributed by atoms with van der Waals surface area (Å²) in [6.45, 7) is 0. The van der Waals surface area contributed by atoms with Crippen molar-refractivity contribution in [2.75, 3.05) is 0 Å². The summed E-state index contributed by atoms with van der Waals surface area (Å²) < 4.78 is 2.13.